The number of aliphatic hydroxyl groups excluding tert-OH is 2. The Balaban J connectivity index is 3.22. The zero-order valence-corrected chi connectivity index (χ0v) is 9.87. The van der Waals surface area contributed by atoms with Crippen LogP contribution in [0.5, 0.6) is 0 Å². The highest BCUT2D eigenvalue weighted by Crippen LogP contribution is 2.33. The van der Waals surface area contributed by atoms with Crippen molar-refractivity contribution in [2.75, 3.05) is 13.2 Å². The normalized spacial score (nSPS) is 15.3. The maximum absolute atomic E-state index is 9.20. The minimum absolute atomic E-state index is 0.0615. The van der Waals surface area contributed by atoms with Crippen molar-refractivity contribution in [3.63, 3.8) is 0 Å². The Morgan fingerprint density at radius 3 is 1.53 bits per heavy atom. The van der Waals surface area contributed by atoms with Gasteiger partial charge in [-0.15, -0.1) is 0 Å². The average Bonchev–Trinajstić information content (AvgIpc) is 2.51. The lowest BCUT2D eigenvalue weighted by atomic mass is 9.90. The van der Waals surface area contributed by atoms with Crippen LogP contribution < -0.4 is 0 Å². The number of hydrogen-bond acceptors (Lipinski definition) is 3. The highest BCUT2D eigenvalue weighted by molar-refractivity contribution is 5.38. The van der Waals surface area contributed by atoms with Crippen LogP contribution >= 0.6 is 0 Å². The molecule has 0 spiro atoms. The maximum atomic E-state index is 9.20. The molecule has 3 nitrogen and oxygen atoms in total. The Morgan fingerprint density at radius 2 is 1.27 bits per heavy atom. The predicted molar refractivity (Wildman–Crippen MR) is 59.2 cm³/mol. The molecule has 0 saturated carbocycles. The van der Waals surface area contributed by atoms with Gasteiger partial charge in [0, 0.05) is 36.2 Å². The summed E-state index contributed by atoms with van der Waals surface area (Å²) in [7, 11) is 0. The number of aliphatic hydroxyl groups is 2. The van der Waals surface area contributed by atoms with Gasteiger partial charge in [0.15, 0.2) is 0 Å². The van der Waals surface area contributed by atoms with Crippen molar-refractivity contribution < 1.29 is 14.6 Å². The fraction of sp³-hybridized carbons (Fsp3) is 0.667. The van der Waals surface area contributed by atoms with Gasteiger partial charge >= 0.3 is 0 Å². The van der Waals surface area contributed by atoms with Crippen molar-refractivity contribution >= 4 is 0 Å². The second-order valence-electron chi connectivity index (χ2n) is 4.21. The van der Waals surface area contributed by atoms with Gasteiger partial charge in [0.2, 0.25) is 0 Å². The first-order chi connectivity index (χ1) is 7.02. The number of rotatable bonds is 4. The van der Waals surface area contributed by atoms with Crippen molar-refractivity contribution in [2.24, 2.45) is 0 Å². The van der Waals surface area contributed by atoms with Crippen LogP contribution in [0.2, 0.25) is 0 Å². The van der Waals surface area contributed by atoms with Gasteiger partial charge in [-0.3, -0.25) is 0 Å². The zero-order chi connectivity index (χ0) is 11.6. The molecule has 0 aliphatic rings. The van der Waals surface area contributed by atoms with E-state index in [-0.39, 0.29) is 25.0 Å². The van der Waals surface area contributed by atoms with E-state index in [0.717, 1.165) is 22.6 Å². The van der Waals surface area contributed by atoms with E-state index >= 15 is 0 Å². The van der Waals surface area contributed by atoms with Gasteiger partial charge in [-0.1, -0.05) is 13.8 Å². The third-order valence-corrected chi connectivity index (χ3v) is 2.89. The summed E-state index contributed by atoms with van der Waals surface area (Å²) in [5.41, 5.74) is 2.10. The molecule has 2 N–H and O–H groups in total. The second kappa shape index (κ2) is 4.81. The molecule has 2 atom stereocenters. The van der Waals surface area contributed by atoms with E-state index in [4.69, 9.17) is 4.42 Å². The van der Waals surface area contributed by atoms with Gasteiger partial charge in [0.05, 0.1) is 0 Å². The standard InChI is InChI=1S/C12H20O3/c1-7(5-13)11-9(3)15-10(4)12(11)8(2)6-14/h7-8,13-14H,5-6H2,1-4H3. The highest BCUT2D eigenvalue weighted by atomic mass is 16.3. The molecule has 0 aliphatic carbocycles. The van der Waals surface area contributed by atoms with Gasteiger partial charge in [-0.2, -0.15) is 0 Å². The molecule has 2 unspecified atom stereocenters. The average molecular weight is 212 g/mol. The first kappa shape index (κ1) is 12.3. The lowest BCUT2D eigenvalue weighted by molar-refractivity contribution is 0.263. The summed E-state index contributed by atoms with van der Waals surface area (Å²) < 4.78 is 5.57. The van der Waals surface area contributed by atoms with E-state index in [0.29, 0.717) is 0 Å². The first-order valence-electron chi connectivity index (χ1n) is 5.34. The van der Waals surface area contributed by atoms with E-state index in [9.17, 15) is 10.2 Å². The Kier molecular flexibility index (Phi) is 3.94. The Labute approximate surface area is 90.7 Å². The molecule has 0 fully saturated rings. The van der Waals surface area contributed by atoms with Crippen LogP contribution in [0.1, 0.15) is 48.3 Å². The van der Waals surface area contributed by atoms with E-state index in [1.54, 1.807) is 0 Å². The summed E-state index contributed by atoms with van der Waals surface area (Å²) >= 11 is 0. The van der Waals surface area contributed by atoms with Crippen molar-refractivity contribution in [3.05, 3.63) is 22.6 Å². The molecule has 0 amide bonds. The van der Waals surface area contributed by atoms with Crippen LogP contribution in [0.15, 0.2) is 4.42 Å². The summed E-state index contributed by atoms with van der Waals surface area (Å²) in [6.07, 6.45) is 0. The van der Waals surface area contributed by atoms with Gasteiger partial charge in [-0.05, 0) is 13.8 Å². The van der Waals surface area contributed by atoms with E-state index < -0.39 is 0 Å². The molecule has 0 saturated heterocycles. The molecular weight excluding hydrogens is 192 g/mol. The third kappa shape index (κ3) is 2.24. The van der Waals surface area contributed by atoms with E-state index in [1.807, 2.05) is 27.7 Å². The monoisotopic (exact) mass is 212 g/mol. The molecule has 15 heavy (non-hydrogen) atoms. The fourth-order valence-corrected chi connectivity index (χ4v) is 2.13. The number of hydrogen-bond donors (Lipinski definition) is 2. The first-order valence-corrected chi connectivity index (χ1v) is 5.34. The molecule has 3 heteroatoms. The van der Waals surface area contributed by atoms with Crippen molar-refractivity contribution in [3.8, 4) is 0 Å². The lowest BCUT2D eigenvalue weighted by Crippen LogP contribution is -2.08. The maximum Gasteiger partial charge on any atom is 0.104 e. The van der Waals surface area contributed by atoms with Gasteiger partial charge in [-0.25, -0.2) is 0 Å². The van der Waals surface area contributed by atoms with Gasteiger partial charge < -0.3 is 14.6 Å². The molecule has 0 aliphatic heterocycles. The van der Waals surface area contributed by atoms with Gasteiger partial charge in [0.25, 0.3) is 0 Å². The predicted octanol–water partition coefficient (Wildman–Crippen LogP) is 2.09. The molecule has 1 heterocycles. The summed E-state index contributed by atoms with van der Waals surface area (Å²) in [5, 5.41) is 18.4. The smallest absolute Gasteiger partial charge is 0.104 e. The quantitative estimate of drug-likeness (QED) is 0.803. The SMILES string of the molecule is Cc1oc(C)c(C(C)CO)c1C(C)CO. The minimum Gasteiger partial charge on any atom is -0.466 e. The summed E-state index contributed by atoms with van der Waals surface area (Å²) in [5.74, 6) is 1.83. The number of aryl methyl sites for hydroxylation is 2. The van der Waals surface area contributed by atoms with E-state index in [1.165, 1.54) is 0 Å². The van der Waals surface area contributed by atoms with Crippen LogP contribution in [0.3, 0.4) is 0 Å². The van der Waals surface area contributed by atoms with Crippen LogP contribution in [-0.2, 0) is 0 Å². The Morgan fingerprint density at radius 1 is 0.933 bits per heavy atom. The molecule has 0 radical (unpaired) electrons. The molecular formula is C12H20O3. The topological polar surface area (TPSA) is 53.6 Å². The fourth-order valence-electron chi connectivity index (χ4n) is 2.13. The molecule has 86 valence electrons. The van der Waals surface area contributed by atoms with Crippen LogP contribution in [0.25, 0.3) is 0 Å². The third-order valence-electron chi connectivity index (χ3n) is 2.89. The highest BCUT2D eigenvalue weighted by Gasteiger charge is 2.23. The molecule has 1 aromatic heterocycles. The van der Waals surface area contributed by atoms with Crippen LogP contribution in [0.4, 0.5) is 0 Å². The van der Waals surface area contributed by atoms with Crippen molar-refractivity contribution in [1.82, 2.24) is 0 Å². The summed E-state index contributed by atoms with van der Waals surface area (Å²) in [6.45, 7) is 7.94. The van der Waals surface area contributed by atoms with Crippen molar-refractivity contribution in [2.45, 2.75) is 39.5 Å². The van der Waals surface area contributed by atoms with Crippen molar-refractivity contribution in [1.29, 1.82) is 0 Å². The number of furan rings is 1. The molecule has 0 bridgehead atoms. The zero-order valence-electron chi connectivity index (χ0n) is 9.87. The Hall–Kier alpha value is -0.800. The van der Waals surface area contributed by atoms with Crippen LogP contribution in [-0.4, -0.2) is 23.4 Å². The lowest BCUT2D eigenvalue weighted by Gasteiger charge is -2.14. The molecule has 0 aromatic carbocycles. The summed E-state index contributed by atoms with van der Waals surface area (Å²) in [6, 6.07) is 0. The van der Waals surface area contributed by atoms with E-state index in [2.05, 4.69) is 0 Å². The van der Waals surface area contributed by atoms with Crippen LogP contribution in [0, 0.1) is 13.8 Å². The summed E-state index contributed by atoms with van der Waals surface area (Å²) in [4.78, 5) is 0. The largest absolute Gasteiger partial charge is 0.466 e. The Bertz CT molecular complexity index is 297. The van der Waals surface area contributed by atoms with Gasteiger partial charge in [0.1, 0.15) is 11.5 Å². The molecule has 1 aromatic rings. The minimum atomic E-state index is 0.0615. The molecule has 1 rings (SSSR count). The second-order valence-corrected chi connectivity index (χ2v) is 4.21.